The molecule has 2 heterocycles. The lowest BCUT2D eigenvalue weighted by molar-refractivity contribution is -0.384. The van der Waals surface area contributed by atoms with Crippen molar-refractivity contribution in [1.29, 1.82) is 0 Å². The number of hydrogen-bond donors (Lipinski definition) is 0. The first-order valence-electron chi connectivity index (χ1n) is 5.27. The monoisotopic (exact) mass is 240 g/mol. The lowest BCUT2D eigenvalue weighted by Crippen LogP contribution is -1.95. The molecule has 0 aliphatic rings. The Hall–Kier alpha value is -2.76. The highest BCUT2D eigenvalue weighted by Gasteiger charge is 2.09. The summed E-state index contributed by atoms with van der Waals surface area (Å²) in [7, 11) is 0. The highest BCUT2D eigenvalue weighted by molar-refractivity contribution is 5.83. The molecule has 3 aromatic rings. The second-order valence-electron chi connectivity index (χ2n) is 3.75. The first-order valence-corrected chi connectivity index (χ1v) is 5.27. The standard InChI is InChI=1S/C12H8N4O2/c17-16(18)10-1-2-11-9(7-10)3-6-15(11)12-8-13-4-5-14-12/h1-8H. The number of nitro benzene ring substituents is 1. The first kappa shape index (κ1) is 10.4. The molecule has 0 atom stereocenters. The van der Waals surface area contributed by atoms with Gasteiger partial charge in [-0.1, -0.05) is 0 Å². The van der Waals surface area contributed by atoms with Gasteiger partial charge in [-0.15, -0.1) is 0 Å². The van der Waals surface area contributed by atoms with E-state index in [0.717, 1.165) is 10.9 Å². The second-order valence-corrected chi connectivity index (χ2v) is 3.75. The molecule has 0 aliphatic heterocycles. The summed E-state index contributed by atoms with van der Waals surface area (Å²) in [4.78, 5) is 18.5. The molecule has 0 bridgehead atoms. The van der Waals surface area contributed by atoms with Crippen molar-refractivity contribution >= 4 is 16.6 Å². The van der Waals surface area contributed by atoms with Crippen molar-refractivity contribution in [3.8, 4) is 5.82 Å². The molecule has 6 nitrogen and oxygen atoms in total. The third-order valence-corrected chi connectivity index (χ3v) is 2.68. The van der Waals surface area contributed by atoms with E-state index in [4.69, 9.17) is 0 Å². The summed E-state index contributed by atoms with van der Waals surface area (Å²) in [6.07, 6.45) is 6.66. The fourth-order valence-corrected chi connectivity index (χ4v) is 1.86. The third-order valence-electron chi connectivity index (χ3n) is 2.68. The molecule has 0 N–H and O–H groups in total. The van der Waals surface area contributed by atoms with Crippen molar-refractivity contribution in [2.45, 2.75) is 0 Å². The van der Waals surface area contributed by atoms with Crippen molar-refractivity contribution in [3.63, 3.8) is 0 Å². The van der Waals surface area contributed by atoms with Gasteiger partial charge in [-0.3, -0.25) is 19.7 Å². The van der Waals surface area contributed by atoms with E-state index in [9.17, 15) is 10.1 Å². The summed E-state index contributed by atoms with van der Waals surface area (Å²) in [5.74, 6) is 0.682. The van der Waals surface area contributed by atoms with Crippen LogP contribution in [0.1, 0.15) is 0 Å². The average Bonchev–Trinajstić information content (AvgIpc) is 2.82. The van der Waals surface area contributed by atoms with Crippen LogP contribution in [-0.4, -0.2) is 19.5 Å². The maximum atomic E-state index is 10.7. The molecular weight excluding hydrogens is 232 g/mol. The Balaban J connectivity index is 2.19. The molecule has 1 aromatic carbocycles. The van der Waals surface area contributed by atoms with Gasteiger partial charge < -0.3 is 0 Å². The summed E-state index contributed by atoms with van der Waals surface area (Å²) in [5, 5.41) is 11.5. The maximum absolute atomic E-state index is 10.7. The number of aromatic nitrogens is 3. The molecule has 0 spiro atoms. The van der Waals surface area contributed by atoms with Gasteiger partial charge in [0.15, 0.2) is 5.82 Å². The second kappa shape index (κ2) is 3.92. The van der Waals surface area contributed by atoms with Gasteiger partial charge in [-0.2, -0.15) is 0 Å². The fourth-order valence-electron chi connectivity index (χ4n) is 1.86. The van der Waals surface area contributed by atoms with Crippen LogP contribution in [-0.2, 0) is 0 Å². The van der Waals surface area contributed by atoms with E-state index in [1.807, 2.05) is 16.8 Å². The fraction of sp³-hybridized carbons (Fsp3) is 0. The summed E-state index contributed by atoms with van der Waals surface area (Å²) < 4.78 is 1.84. The summed E-state index contributed by atoms with van der Waals surface area (Å²) in [6, 6.07) is 6.55. The van der Waals surface area contributed by atoms with Crippen LogP contribution in [0.2, 0.25) is 0 Å². The molecule has 0 unspecified atom stereocenters. The Kier molecular flexibility index (Phi) is 2.26. The van der Waals surface area contributed by atoms with Crippen LogP contribution in [0.25, 0.3) is 16.7 Å². The van der Waals surface area contributed by atoms with Gasteiger partial charge in [-0.05, 0) is 12.1 Å². The number of benzene rings is 1. The summed E-state index contributed by atoms with van der Waals surface area (Å²) >= 11 is 0. The number of nitro groups is 1. The van der Waals surface area contributed by atoms with E-state index < -0.39 is 4.92 Å². The number of rotatable bonds is 2. The minimum Gasteiger partial charge on any atom is -0.300 e. The van der Waals surface area contributed by atoms with Crippen molar-refractivity contribution in [1.82, 2.24) is 14.5 Å². The molecule has 2 aromatic heterocycles. The smallest absolute Gasteiger partial charge is 0.270 e. The highest BCUT2D eigenvalue weighted by Crippen LogP contribution is 2.23. The normalized spacial score (nSPS) is 10.7. The van der Waals surface area contributed by atoms with Gasteiger partial charge in [-0.25, -0.2) is 4.98 Å². The van der Waals surface area contributed by atoms with Crippen LogP contribution >= 0.6 is 0 Å². The zero-order valence-electron chi connectivity index (χ0n) is 9.22. The van der Waals surface area contributed by atoms with Gasteiger partial charge in [0.1, 0.15) is 0 Å². The number of hydrogen-bond acceptors (Lipinski definition) is 4. The summed E-state index contributed by atoms with van der Waals surface area (Å²) in [5.41, 5.74) is 0.945. The van der Waals surface area contributed by atoms with E-state index in [0.29, 0.717) is 5.82 Å². The minimum atomic E-state index is -0.404. The molecular formula is C12H8N4O2. The number of nitrogens with zero attached hydrogens (tertiary/aromatic N) is 4. The first-order chi connectivity index (χ1) is 8.75. The van der Waals surface area contributed by atoms with Crippen LogP contribution in [0.4, 0.5) is 5.69 Å². The molecule has 0 radical (unpaired) electrons. The predicted molar refractivity (Wildman–Crippen MR) is 65.5 cm³/mol. The Bertz CT molecular complexity index is 721. The van der Waals surface area contributed by atoms with Gasteiger partial charge in [0.2, 0.25) is 0 Å². The van der Waals surface area contributed by atoms with Crippen LogP contribution < -0.4 is 0 Å². The molecule has 0 fully saturated rings. The van der Waals surface area contributed by atoms with Gasteiger partial charge in [0, 0.05) is 36.1 Å². The number of non-ortho nitro benzene ring substituents is 1. The van der Waals surface area contributed by atoms with Crippen LogP contribution in [0.5, 0.6) is 0 Å². The molecule has 3 rings (SSSR count). The molecule has 0 saturated carbocycles. The third kappa shape index (κ3) is 1.60. The van der Waals surface area contributed by atoms with Gasteiger partial charge >= 0.3 is 0 Å². The quantitative estimate of drug-likeness (QED) is 0.509. The van der Waals surface area contributed by atoms with Gasteiger partial charge in [0.05, 0.1) is 16.6 Å². The zero-order chi connectivity index (χ0) is 12.5. The Morgan fingerprint density at radius 2 is 2.11 bits per heavy atom. The van der Waals surface area contributed by atoms with E-state index in [1.54, 1.807) is 30.7 Å². The van der Waals surface area contributed by atoms with Crippen molar-refractivity contribution in [3.05, 3.63) is 59.2 Å². The Morgan fingerprint density at radius 3 is 2.83 bits per heavy atom. The molecule has 0 amide bonds. The maximum Gasteiger partial charge on any atom is 0.270 e. The topological polar surface area (TPSA) is 73.8 Å². The molecule has 0 aliphatic carbocycles. The molecule has 0 saturated heterocycles. The van der Waals surface area contributed by atoms with E-state index >= 15 is 0 Å². The molecule has 6 heteroatoms. The SMILES string of the molecule is O=[N+]([O-])c1ccc2c(ccn2-c2cnccn2)c1. The molecule has 88 valence electrons. The van der Waals surface area contributed by atoms with Crippen LogP contribution in [0.3, 0.4) is 0 Å². The van der Waals surface area contributed by atoms with E-state index in [-0.39, 0.29) is 5.69 Å². The lowest BCUT2D eigenvalue weighted by atomic mass is 10.2. The predicted octanol–water partition coefficient (Wildman–Crippen LogP) is 2.33. The molecule has 18 heavy (non-hydrogen) atoms. The van der Waals surface area contributed by atoms with Crippen LogP contribution in [0.15, 0.2) is 49.1 Å². The Labute approximate surface area is 102 Å². The Morgan fingerprint density at radius 1 is 1.22 bits per heavy atom. The van der Waals surface area contributed by atoms with Crippen molar-refractivity contribution in [2.75, 3.05) is 0 Å². The van der Waals surface area contributed by atoms with E-state index in [1.165, 1.54) is 6.07 Å². The largest absolute Gasteiger partial charge is 0.300 e. The van der Waals surface area contributed by atoms with Crippen molar-refractivity contribution < 1.29 is 4.92 Å². The highest BCUT2D eigenvalue weighted by atomic mass is 16.6. The van der Waals surface area contributed by atoms with Crippen LogP contribution in [0, 0.1) is 10.1 Å². The van der Waals surface area contributed by atoms with E-state index in [2.05, 4.69) is 9.97 Å². The summed E-state index contributed by atoms with van der Waals surface area (Å²) in [6.45, 7) is 0. The number of fused-ring (bicyclic) bond motifs is 1. The van der Waals surface area contributed by atoms with Crippen molar-refractivity contribution in [2.24, 2.45) is 0 Å². The average molecular weight is 240 g/mol. The van der Waals surface area contributed by atoms with Gasteiger partial charge in [0.25, 0.3) is 5.69 Å². The lowest BCUT2D eigenvalue weighted by Gasteiger charge is -2.02. The minimum absolute atomic E-state index is 0.0828. The zero-order valence-corrected chi connectivity index (χ0v) is 9.22.